The summed E-state index contributed by atoms with van der Waals surface area (Å²) in [4.78, 5) is 0. The average Bonchev–Trinajstić information content (AvgIpc) is 2.49. The molecule has 2 aromatic rings. The van der Waals surface area contributed by atoms with E-state index in [9.17, 15) is 0 Å². The third-order valence-corrected chi connectivity index (χ3v) is 5.24. The normalized spacial score (nSPS) is 24.6. The molecule has 1 aliphatic carbocycles. The molecule has 0 heterocycles. The summed E-state index contributed by atoms with van der Waals surface area (Å²) in [6, 6.07) is 19.8. The van der Waals surface area contributed by atoms with E-state index in [0.29, 0.717) is 11.3 Å². The lowest BCUT2D eigenvalue weighted by atomic mass is 9.57. The Kier molecular flexibility index (Phi) is 4.46. The highest BCUT2D eigenvalue weighted by Crippen LogP contribution is 2.52. The van der Waals surface area contributed by atoms with Crippen LogP contribution in [0.3, 0.4) is 0 Å². The van der Waals surface area contributed by atoms with E-state index in [0.717, 1.165) is 17.6 Å². The van der Waals surface area contributed by atoms with Crippen LogP contribution in [0, 0.1) is 0 Å². The molecular formula is C19H22BrN. The van der Waals surface area contributed by atoms with Crippen LogP contribution < -0.4 is 5.32 Å². The average molecular weight is 344 g/mol. The van der Waals surface area contributed by atoms with E-state index >= 15 is 0 Å². The molecule has 21 heavy (non-hydrogen) atoms. The predicted molar refractivity (Wildman–Crippen MR) is 92.8 cm³/mol. The molecule has 0 amide bonds. The van der Waals surface area contributed by atoms with Gasteiger partial charge in [-0.2, -0.15) is 0 Å². The van der Waals surface area contributed by atoms with Crippen molar-refractivity contribution in [3.05, 3.63) is 70.2 Å². The van der Waals surface area contributed by atoms with Crippen LogP contribution in [0.25, 0.3) is 0 Å². The monoisotopic (exact) mass is 343 g/mol. The molecule has 0 saturated heterocycles. The molecule has 0 aliphatic heterocycles. The van der Waals surface area contributed by atoms with E-state index in [2.05, 4.69) is 82.8 Å². The summed E-state index contributed by atoms with van der Waals surface area (Å²) >= 11 is 3.54. The Morgan fingerprint density at radius 1 is 1.05 bits per heavy atom. The van der Waals surface area contributed by atoms with Gasteiger partial charge in [0.2, 0.25) is 0 Å². The molecule has 1 saturated carbocycles. The van der Waals surface area contributed by atoms with Gasteiger partial charge in [0.25, 0.3) is 0 Å². The van der Waals surface area contributed by atoms with E-state index in [-0.39, 0.29) is 0 Å². The van der Waals surface area contributed by atoms with Crippen LogP contribution in [0.5, 0.6) is 0 Å². The zero-order chi connectivity index (χ0) is 14.7. The smallest absolute Gasteiger partial charge is 0.0175 e. The van der Waals surface area contributed by atoms with E-state index in [4.69, 9.17) is 0 Å². The predicted octanol–water partition coefficient (Wildman–Crippen LogP) is 4.87. The van der Waals surface area contributed by atoms with Crippen LogP contribution in [-0.4, -0.2) is 13.1 Å². The second kappa shape index (κ2) is 6.33. The minimum absolute atomic E-state index is 0.303. The Balaban J connectivity index is 1.79. The Morgan fingerprint density at radius 3 is 2.33 bits per heavy atom. The molecule has 1 fully saturated rings. The fourth-order valence-electron chi connectivity index (χ4n) is 3.49. The van der Waals surface area contributed by atoms with Crippen molar-refractivity contribution in [3.8, 4) is 0 Å². The van der Waals surface area contributed by atoms with Gasteiger partial charge in [-0.15, -0.1) is 0 Å². The number of hydrogen-bond donors (Lipinski definition) is 1. The first-order valence-corrected chi connectivity index (χ1v) is 8.54. The number of benzene rings is 2. The van der Waals surface area contributed by atoms with Crippen molar-refractivity contribution in [1.82, 2.24) is 5.32 Å². The maximum Gasteiger partial charge on any atom is 0.0175 e. The topological polar surface area (TPSA) is 12.0 Å². The van der Waals surface area contributed by atoms with Crippen molar-refractivity contribution in [1.29, 1.82) is 0 Å². The van der Waals surface area contributed by atoms with Crippen LogP contribution in [0.15, 0.2) is 59.1 Å². The van der Waals surface area contributed by atoms with Crippen molar-refractivity contribution >= 4 is 15.9 Å². The molecule has 0 aromatic heterocycles. The van der Waals surface area contributed by atoms with Gasteiger partial charge in [-0.05, 0) is 48.6 Å². The molecule has 2 aromatic carbocycles. The molecule has 0 unspecified atom stereocenters. The van der Waals surface area contributed by atoms with Crippen molar-refractivity contribution in [2.24, 2.45) is 0 Å². The molecule has 0 radical (unpaired) electrons. The van der Waals surface area contributed by atoms with Gasteiger partial charge in [0.05, 0.1) is 0 Å². The summed E-state index contributed by atoms with van der Waals surface area (Å²) < 4.78 is 1.16. The van der Waals surface area contributed by atoms with Crippen molar-refractivity contribution < 1.29 is 0 Å². The summed E-state index contributed by atoms with van der Waals surface area (Å²) in [6.45, 7) is 4.30. The van der Waals surface area contributed by atoms with Crippen LogP contribution >= 0.6 is 15.9 Å². The summed E-state index contributed by atoms with van der Waals surface area (Å²) in [5.74, 6) is 0.702. The third-order valence-electron chi connectivity index (χ3n) is 4.72. The van der Waals surface area contributed by atoms with Crippen molar-refractivity contribution in [3.63, 3.8) is 0 Å². The molecule has 110 valence electrons. The van der Waals surface area contributed by atoms with Crippen molar-refractivity contribution in [2.45, 2.75) is 31.1 Å². The first kappa shape index (κ1) is 14.8. The summed E-state index contributed by atoms with van der Waals surface area (Å²) in [5, 5.41) is 3.56. The zero-order valence-electron chi connectivity index (χ0n) is 12.5. The molecule has 2 heteroatoms. The molecule has 3 rings (SSSR count). The standard InChI is InChI=1S/C19H22BrN/c1-2-21-14-19(17-8-10-18(20)11-9-17)12-16(13-19)15-6-4-3-5-7-15/h3-11,16,21H,2,12-14H2,1H3. The van der Waals surface area contributed by atoms with E-state index in [1.807, 2.05) is 0 Å². The third kappa shape index (κ3) is 3.07. The highest BCUT2D eigenvalue weighted by atomic mass is 79.9. The Hall–Kier alpha value is -1.12. The largest absolute Gasteiger partial charge is 0.316 e. The summed E-state index contributed by atoms with van der Waals surface area (Å²) in [6.07, 6.45) is 2.48. The van der Waals surface area contributed by atoms with Crippen LogP contribution in [0.4, 0.5) is 0 Å². The molecule has 1 nitrogen and oxygen atoms in total. The second-order valence-electron chi connectivity index (χ2n) is 6.08. The molecule has 0 atom stereocenters. The lowest BCUT2D eigenvalue weighted by Gasteiger charge is -2.49. The minimum atomic E-state index is 0.303. The molecule has 1 aliphatic rings. The maximum atomic E-state index is 3.56. The van der Waals surface area contributed by atoms with Gasteiger partial charge in [-0.1, -0.05) is 65.3 Å². The molecule has 1 N–H and O–H groups in total. The highest BCUT2D eigenvalue weighted by Gasteiger charge is 2.45. The number of likely N-dealkylation sites (N-methyl/N-ethyl adjacent to an activating group) is 1. The Bertz CT molecular complexity index is 570. The minimum Gasteiger partial charge on any atom is -0.316 e. The quantitative estimate of drug-likeness (QED) is 0.816. The highest BCUT2D eigenvalue weighted by molar-refractivity contribution is 9.10. The number of nitrogens with one attached hydrogen (secondary N) is 1. The Morgan fingerprint density at radius 2 is 1.71 bits per heavy atom. The fraction of sp³-hybridized carbons (Fsp3) is 0.368. The Labute approximate surface area is 135 Å². The number of rotatable bonds is 5. The fourth-order valence-corrected chi connectivity index (χ4v) is 3.76. The summed E-state index contributed by atoms with van der Waals surface area (Å²) in [7, 11) is 0. The lowest BCUT2D eigenvalue weighted by molar-refractivity contribution is 0.195. The second-order valence-corrected chi connectivity index (χ2v) is 7.00. The van der Waals surface area contributed by atoms with Crippen molar-refractivity contribution in [2.75, 3.05) is 13.1 Å². The number of hydrogen-bond acceptors (Lipinski definition) is 1. The molecule has 0 spiro atoms. The van der Waals surface area contributed by atoms with Crippen LogP contribution in [0.1, 0.15) is 36.8 Å². The van der Waals surface area contributed by atoms with Gasteiger partial charge in [-0.25, -0.2) is 0 Å². The van der Waals surface area contributed by atoms with Gasteiger partial charge >= 0.3 is 0 Å². The molecular weight excluding hydrogens is 322 g/mol. The molecule has 0 bridgehead atoms. The number of halogens is 1. The first-order chi connectivity index (χ1) is 10.2. The van der Waals surface area contributed by atoms with Gasteiger partial charge < -0.3 is 5.32 Å². The van der Waals surface area contributed by atoms with Gasteiger partial charge in [0, 0.05) is 16.4 Å². The van der Waals surface area contributed by atoms with Crippen LogP contribution in [-0.2, 0) is 5.41 Å². The SMILES string of the molecule is CCNCC1(c2ccc(Br)cc2)CC(c2ccccc2)C1. The van der Waals surface area contributed by atoms with Gasteiger partial charge in [0.15, 0.2) is 0 Å². The zero-order valence-corrected chi connectivity index (χ0v) is 14.1. The maximum absolute atomic E-state index is 3.56. The van der Waals surface area contributed by atoms with E-state index in [1.165, 1.54) is 24.0 Å². The van der Waals surface area contributed by atoms with E-state index < -0.39 is 0 Å². The summed E-state index contributed by atoms with van der Waals surface area (Å²) in [5.41, 5.74) is 3.26. The lowest BCUT2D eigenvalue weighted by Crippen LogP contribution is -2.47. The van der Waals surface area contributed by atoms with Gasteiger partial charge in [-0.3, -0.25) is 0 Å². The van der Waals surface area contributed by atoms with E-state index in [1.54, 1.807) is 0 Å². The van der Waals surface area contributed by atoms with Gasteiger partial charge in [0.1, 0.15) is 0 Å². The first-order valence-electron chi connectivity index (χ1n) is 7.75. The van der Waals surface area contributed by atoms with Crippen LogP contribution in [0.2, 0.25) is 0 Å².